The number of amides is 1. The SMILES string of the molecule is CC1(C)CC(NC(=O)CSCc2c(Cl)cccc2Cl)c2ccccc2O1. The Morgan fingerprint density at radius 1 is 1.19 bits per heavy atom. The molecule has 1 aliphatic rings. The molecule has 0 fully saturated rings. The molecule has 0 aromatic heterocycles. The van der Waals surface area contributed by atoms with Crippen molar-refractivity contribution in [1.82, 2.24) is 5.32 Å². The number of benzene rings is 2. The standard InChI is InChI=1S/C20H21Cl2NO2S/c1-20(2)10-17(13-6-3-4-9-18(13)25-20)23-19(24)12-26-11-14-15(21)7-5-8-16(14)22/h3-9,17H,10-12H2,1-2H3,(H,23,24). The van der Waals surface area contributed by atoms with Gasteiger partial charge < -0.3 is 10.1 Å². The Labute approximate surface area is 168 Å². The van der Waals surface area contributed by atoms with E-state index in [1.165, 1.54) is 11.8 Å². The topological polar surface area (TPSA) is 38.3 Å². The summed E-state index contributed by atoms with van der Waals surface area (Å²) in [7, 11) is 0. The molecule has 0 saturated heterocycles. The maximum Gasteiger partial charge on any atom is 0.230 e. The largest absolute Gasteiger partial charge is 0.487 e. The molecule has 1 unspecified atom stereocenters. The number of ether oxygens (including phenoxy) is 1. The molecule has 0 radical (unpaired) electrons. The van der Waals surface area contributed by atoms with Crippen LogP contribution in [-0.4, -0.2) is 17.3 Å². The molecular formula is C20H21Cl2NO2S. The lowest BCUT2D eigenvalue weighted by atomic mass is 9.90. The van der Waals surface area contributed by atoms with E-state index in [1.54, 1.807) is 0 Å². The van der Waals surface area contributed by atoms with Crippen molar-refractivity contribution in [3.63, 3.8) is 0 Å². The summed E-state index contributed by atoms with van der Waals surface area (Å²) in [4.78, 5) is 12.5. The van der Waals surface area contributed by atoms with Crippen LogP contribution in [0.15, 0.2) is 42.5 Å². The van der Waals surface area contributed by atoms with Gasteiger partial charge in [-0.2, -0.15) is 0 Å². The molecule has 3 nitrogen and oxygen atoms in total. The summed E-state index contributed by atoms with van der Waals surface area (Å²) in [6.45, 7) is 4.08. The lowest BCUT2D eigenvalue weighted by Gasteiger charge is -2.37. The van der Waals surface area contributed by atoms with Gasteiger partial charge in [-0.15, -0.1) is 11.8 Å². The second kappa shape index (κ2) is 8.12. The van der Waals surface area contributed by atoms with E-state index in [0.29, 0.717) is 21.6 Å². The number of carbonyl (C=O) groups is 1. The van der Waals surface area contributed by atoms with E-state index in [0.717, 1.165) is 23.3 Å². The molecule has 0 saturated carbocycles. The molecule has 1 heterocycles. The van der Waals surface area contributed by atoms with Crippen LogP contribution in [0.5, 0.6) is 5.75 Å². The molecule has 1 amide bonds. The Morgan fingerprint density at radius 2 is 1.88 bits per heavy atom. The van der Waals surface area contributed by atoms with E-state index in [4.69, 9.17) is 27.9 Å². The van der Waals surface area contributed by atoms with Crippen LogP contribution < -0.4 is 10.1 Å². The van der Waals surface area contributed by atoms with Crippen molar-refractivity contribution >= 4 is 40.9 Å². The number of nitrogens with one attached hydrogen (secondary N) is 1. The van der Waals surface area contributed by atoms with Gasteiger partial charge in [0.15, 0.2) is 0 Å². The normalized spacial score (nSPS) is 17.9. The molecule has 2 aromatic rings. The van der Waals surface area contributed by atoms with Gasteiger partial charge in [0.2, 0.25) is 5.91 Å². The highest BCUT2D eigenvalue weighted by Crippen LogP contribution is 2.39. The molecule has 1 aliphatic heterocycles. The highest BCUT2D eigenvalue weighted by Gasteiger charge is 2.34. The van der Waals surface area contributed by atoms with E-state index >= 15 is 0 Å². The molecule has 3 rings (SSSR count). The van der Waals surface area contributed by atoms with Crippen LogP contribution in [0.25, 0.3) is 0 Å². The fourth-order valence-electron chi connectivity index (χ4n) is 3.08. The summed E-state index contributed by atoms with van der Waals surface area (Å²) in [5.74, 6) is 1.78. The summed E-state index contributed by atoms with van der Waals surface area (Å²) < 4.78 is 6.01. The molecule has 0 bridgehead atoms. The van der Waals surface area contributed by atoms with E-state index in [9.17, 15) is 4.79 Å². The van der Waals surface area contributed by atoms with Gasteiger partial charge in [0.25, 0.3) is 0 Å². The van der Waals surface area contributed by atoms with Crippen molar-refractivity contribution in [3.8, 4) is 5.75 Å². The van der Waals surface area contributed by atoms with Crippen LogP contribution in [-0.2, 0) is 10.5 Å². The minimum atomic E-state index is -0.315. The van der Waals surface area contributed by atoms with Crippen molar-refractivity contribution in [2.75, 3.05) is 5.75 Å². The van der Waals surface area contributed by atoms with E-state index in [2.05, 4.69) is 5.32 Å². The van der Waals surface area contributed by atoms with Gasteiger partial charge in [0.1, 0.15) is 11.4 Å². The number of rotatable bonds is 5. The molecule has 26 heavy (non-hydrogen) atoms. The monoisotopic (exact) mass is 409 g/mol. The fraction of sp³-hybridized carbons (Fsp3) is 0.350. The lowest BCUT2D eigenvalue weighted by Crippen LogP contribution is -2.41. The summed E-state index contributed by atoms with van der Waals surface area (Å²) in [5.41, 5.74) is 1.58. The first-order valence-corrected chi connectivity index (χ1v) is 10.3. The first kappa shape index (κ1) is 19.4. The average molecular weight is 410 g/mol. The summed E-state index contributed by atoms with van der Waals surface area (Å²) in [6.07, 6.45) is 0.733. The number of fused-ring (bicyclic) bond motifs is 1. The van der Waals surface area contributed by atoms with Crippen LogP contribution in [0, 0.1) is 0 Å². The Morgan fingerprint density at radius 3 is 2.62 bits per heavy atom. The zero-order chi connectivity index (χ0) is 18.7. The van der Waals surface area contributed by atoms with Gasteiger partial charge >= 0.3 is 0 Å². The zero-order valence-corrected chi connectivity index (χ0v) is 17.0. The van der Waals surface area contributed by atoms with Crippen molar-refractivity contribution in [1.29, 1.82) is 0 Å². The number of hydrogen-bond acceptors (Lipinski definition) is 3. The highest BCUT2D eigenvalue weighted by atomic mass is 35.5. The van der Waals surface area contributed by atoms with Crippen LogP contribution in [0.3, 0.4) is 0 Å². The Balaban J connectivity index is 1.60. The van der Waals surface area contributed by atoms with Crippen LogP contribution in [0.2, 0.25) is 10.0 Å². The predicted molar refractivity (Wildman–Crippen MR) is 109 cm³/mol. The summed E-state index contributed by atoms with van der Waals surface area (Å²) in [6, 6.07) is 13.3. The van der Waals surface area contributed by atoms with E-state index in [-0.39, 0.29) is 17.6 Å². The minimum absolute atomic E-state index is 0.00400. The third-order valence-electron chi connectivity index (χ3n) is 4.25. The first-order chi connectivity index (χ1) is 12.4. The fourth-order valence-corrected chi connectivity index (χ4v) is 4.66. The van der Waals surface area contributed by atoms with Crippen molar-refractivity contribution in [2.45, 2.75) is 37.7 Å². The van der Waals surface area contributed by atoms with Gasteiger partial charge in [0.05, 0.1) is 11.8 Å². The van der Waals surface area contributed by atoms with Crippen molar-refractivity contribution in [2.24, 2.45) is 0 Å². The Bertz CT molecular complexity index is 790. The number of halogens is 2. The van der Waals surface area contributed by atoms with Crippen molar-refractivity contribution in [3.05, 3.63) is 63.6 Å². The number of thioether (sulfide) groups is 1. The second-order valence-corrected chi connectivity index (χ2v) is 8.72. The van der Waals surface area contributed by atoms with Crippen LogP contribution >= 0.6 is 35.0 Å². The van der Waals surface area contributed by atoms with E-state index < -0.39 is 0 Å². The van der Waals surface area contributed by atoms with E-state index in [1.807, 2.05) is 56.3 Å². The third-order valence-corrected chi connectivity index (χ3v) is 5.92. The van der Waals surface area contributed by atoms with Crippen molar-refractivity contribution < 1.29 is 9.53 Å². The van der Waals surface area contributed by atoms with Gasteiger partial charge in [-0.05, 0) is 37.6 Å². The van der Waals surface area contributed by atoms with Gasteiger partial charge in [0, 0.05) is 27.8 Å². The second-order valence-electron chi connectivity index (χ2n) is 6.92. The summed E-state index contributed by atoms with van der Waals surface area (Å²) >= 11 is 13.9. The third kappa shape index (κ3) is 4.67. The quantitative estimate of drug-likeness (QED) is 0.693. The maximum atomic E-state index is 12.5. The first-order valence-electron chi connectivity index (χ1n) is 8.44. The molecular weight excluding hydrogens is 389 g/mol. The zero-order valence-electron chi connectivity index (χ0n) is 14.7. The maximum absolute atomic E-state index is 12.5. The molecule has 138 valence electrons. The Kier molecular flexibility index (Phi) is 6.06. The van der Waals surface area contributed by atoms with Gasteiger partial charge in [-0.25, -0.2) is 0 Å². The number of para-hydroxylation sites is 1. The highest BCUT2D eigenvalue weighted by molar-refractivity contribution is 7.99. The molecule has 0 aliphatic carbocycles. The molecule has 1 atom stereocenters. The molecule has 2 aromatic carbocycles. The van der Waals surface area contributed by atoms with Crippen LogP contribution in [0.4, 0.5) is 0 Å². The lowest BCUT2D eigenvalue weighted by molar-refractivity contribution is -0.119. The predicted octanol–water partition coefficient (Wildman–Crippen LogP) is 5.65. The molecule has 0 spiro atoms. The average Bonchev–Trinajstić information content (AvgIpc) is 2.56. The minimum Gasteiger partial charge on any atom is -0.487 e. The van der Waals surface area contributed by atoms with Crippen LogP contribution in [0.1, 0.15) is 37.4 Å². The Hall–Kier alpha value is -1.36. The van der Waals surface area contributed by atoms with Gasteiger partial charge in [-0.1, -0.05) is 47.5 Å². The van der Waals surface area contributed by atoms with Gasteiger partial charge in [-0.3, -0.25) is 4.79 Å². The molecule has 1 N–H and O–H groups in total. The summed E-state index contributed by atoms with van der Waals surface area (Å²) in [5, 5.41) is 4.40. The number of hydrogen-bond donors (Lipinski definition) is 1. The molecule has 6 heteroatoms. The number of carbonyl (C=O) groups excluding carboxylic acids is 1. The smallest absolute Gasteiger partial charge is 0.230 e.